The van der Waals surface area contributed by atoms with Crippen molar-refractivity contribution < 1.29 is 9.72 Å². The number of nitro groups is 1. The van der Waals surface area contributed by atoms with Crippen LogP contribution >= 0.6 is 0 Å². The van der Waals surface area contributed by atoms with Crippen molar-refractivity contribution in [1.29, 1.82) is 0 Å². The van der Waals surface area contributed by atoms with Crippen molar-refractivity contribution in [2.45, 2.75) is 6.92 Å². The molecule has 0 saturated heterocycles. The van der Waals surface area contributed by atoms with Crippen LogP contribution in [0.25, 0.3) is 0 Å². The first-order valence-electron chi connectivity index (χ1n) is 5.67. The summed E-state index contributed by atoms with van der Waals surface area (Å²) in [5, 5.41) is 20.9. The van der Waals surface area contributed by atoms with Gasteiger partial charge in [-0.05, 0) is 19.1 Å². The highest BCUT2D eigenvalue weighted by Crippen LogP contribution is 2.14. The van der Waals surface area contributed by atoms with Crippen LogP contribution in [0.3, 0.4) is 0 Å². The van der Waals surface area contributed by atoms with Gasteiger partial charge in [-0.1, -0.05) is 12.1 Å². The van der Waals surface area contributed by atoms with Gasteiger partial charge in [0.1, 0.15) is 0 Å². The Morgan fingerprint density at radius 1 is 1.50 bits per heavy atom. The summed E-state index contributed by atoms with van der Waals surface area (Å²) in [4.78, 5) is 21.9. The van der Waals surface area contributed by atoms with Crippen molar-refractivity contribution in [1.82, 2.24) is 15.6 Å². The molecule has 0 bridgehead atoms. The lowest BCUT2D eigenvalue weighted by Gasteiger charge is -1.97. The Morgan fingerprint density at radius 3 is 2.90 bits per heavy atom. The molecule has 2 rings (SSSR count). The van der Waals surface area contributed by atoms with Crippen LogP contribution < -0.4 is 5.43 Å². The maximum absolute atomic E-state index is 11.6. The predicted octanol–water partition coefficient (Wildman–Crippen LogP) is 1.39. The zero-order chi connectivity index (χ0) is 14.5. The molecule has 1 aromatic heterocycles. The highest BCUT2D eigenvalue weighted by atomic mass is 16.6. The largest absolute Gasteiger partial charge is 0.291 e. The molecule has 1 amide bonds. The van der Waals surface area contributed by atoms with Gasteiger partial charge in [0.25, 0.3) is 11.6 Å². The number of aromatic amines is 1. The summed E-state index contributed by atoms with van der Waals surface area (Å²) >= 11 is 0. The van der Waals surface area contributed by atoms with Crippen LogP contribution in [0, 0.1) is 17.0 Å². The van der Waals surface area contributed by atoms with Crippen molar-refractivity contribution in [3.8, 4) is 0 Å². The molecule has 2 aromatic rings. The molecule has 8 nitrogen and oxygen atoms in total. The zero-order valence-corrected chi connectivity index (χ0v) is 10.5. The van der Waals surface area contributed by atoms with Crippen LogP contribution in [0.5, 0.6) is 0 Å². The first-order chi connectivity index (χ1) is 9.58. The van der Waals surface area contributed by atoms with E-state index in [-0.39, 0.29) is 11.4 Å². The number of benzene rings is 1. The van der Waals surface area contributed by atoms with Gasteiger partial charge in [-0.2, -0.15) is 10.2 Å². The van der Waals surface area contributed by atoms with Crippen LogP contribution in [0.1, 0.15) is 21.7 Å². The topological polar surface area (TPSA) is 113 Å². The van der Waals surface area contributed by atoms with E-state index in [9.17, 15) is 14.9 Å². The zero-order valence-electron chi connectivity index (χ0n) is 10.5. The number of nitro benzene ring substituents is 1. The lowest BCUT2D eigenvalue weighted by Crippen LogP contribution is -2.18. The number of nitrogens with zero attached hydrogens (tertiary/aromatic N) is 3. The molecule has 1 aromatic carbocycles. The fourth-order valence-corrected chi connectivity index (χ4v) is 1.52. The highest BCUT2D eigenvalue weighted by Gasteiger charge is 2.11. The first kappa shape index (κ1) is 13.4. The number of aromatic nitrogens is 2. The minimum absolute atomic E-state index is 0.0823. The normalized spacial score (nSPS) is 10.7. The molecule has 0 aliphatic heterocycles. The number of rotatable bonds is 4. The van der Waals surface area contributed by atoms with E-state index < -0.39 is 10.8 Å². The van der Waals surface area contributed by atoms with E-state index >= 15 is 0 Å². The fourth-order valence-electron chi connectivity index (χ4n) is 1.52. The molecule has 1 heterocycles. The van der Waals surface area contributed by atoms with Crippen molar-refractivity contribution >= 4 is 17.8 Å². The van der Waals surface area contributed by atoms with Gasteiger partial charge in [0.2, 0.25) is 0 Å². The van der Waals surface area contributed by atoms with Crippen LogP contribution in [-0.4, -0.2) is 27.2 Å². The van der Waals surface area contributed by atoms with Crippen molar-refractivity contribution in [3.05, 3.63) is 57.4 Å². The number of aryl methyl sites for hydroxylation is 1. The highest BCUT2D eigenvalue weighted by molar-refractivity contribution is 5.93. The third-order valence-electron chi connectivity index (χ3n) is 2.44. The van der Waals surface area contributed by atoms with Gasteiger partial charge < -0.3 is 0 Å². The van der Waals surface area contributed by atoms with Gasteiger partial charge in [-0.25, -0.2) is 5.43 Å². The third-order valence-corrected chi connectivity index (χ3v) is 2.44. The number of hydrogen-bond acceptors (Lipinski definition) is 5. The summed E-state index contributed by atoms with van der Waals surface area (Å²) in [6.45, 7) is 1.76. The molecule has 0 spiro atoms. The molecule has 8 heteroatoms. The summed E-state index contributed by atoms with van der Waals surface area (Å²) in [5.41, 5.74) is 3.42. The minimum Gasteiger partial charge on any atom is -0.282 e. The Kier molecular flexibility index (Phi) is 3.85. The van der Waals surface area contributed by atoms with Crippen LogP contribution in [0.4, 0.5) is 5.69 Å². The predicted molar refractivity (Wildman–Crippen MR) is 71.5 cm³/mol. The van der Waals surface area contributed by atoms with Crippen molar-refractivity contribution in [3.63, 3.8) is 0 Å². The SMILES string of the molecule is Cc1cc(C(=O)N/N=C\c2ccccc2[N+](=O)[O-])n[nH]1. The number of hydrazone groups is 1. The van der Waals surface area contributed by atoms with E-state index in [2.05, 4.69) is 20.7 Å². The Bertz CT molecular complexity index is 677. The molecule has 20 heavy (non-hydrogen) atoms. The number of carbonyl (C=O) groups excluding carboxylic acids is 1. The van der Waals surface area contributed by atoms with Gasteiger partial charge in [0.15, 0.2) is 5.69 Å². The van der Waals surface area contributed by atoms with Crippen molar-refractivity contribution in [2.24, 2.45) is 5.10 Å². The second-order valence-corrected chi connectivity index (χ2v) is 3.95. The maximum atomic E-state index is 11.6. The average molecular weight is 273 g/mol. The molecule has 0 aliphatic carbocycles. The number of hydrogen-bond donors (Lipinski definition) is 2. The summed E-state index contributed by atoms with van der Waals surface area (Å²) in [7, 11) is 0. The lowest BCUT2D eigenvalue weighted by molar-refractivity contribution is -0.385. The van der Waals surface area contributed by atoms with Gasteiger partial charge >= 0.3 is 0 Å². The molecule has 102 valence electrons. The maximum Gasteiger partial charge on any atom is 0.291 e. The van der Waals surface area contributed by atoms with Gasteiger partial charge in [-0.15, -0.1) is 0 Å². The number of H-pyrrole nitrogens is 1. The Hall–Kier alpha value is -3.03. The molecule has 0 radical (unpaired) electrons. The van der Waals surface area contributed by atoms with Gasteiger partial charge in [-0.3, -0.25) is 20.0 Å². The fraction of sp³-hybridized carbons (Fsp3) is 0.0833. The second-order valence-electron chi connectivity index (χ2n) is 3.95. The van der Waals surface area contributed by atoms with E-state index in [4.69, 9.17) is 0 Å². The molecular weight excluding hydrogens is 262 g/mol. The van der Waals surface area contributed by atoms with E-state index in [1.165, 1.54) is 18.3 Å². The molecular formula is C12H11N5O3. The van der Waals surface area contributed by atoms with E-state index in [1.54, 1.807) is 25.1 Å². The number of amides is 1. The molecule has 0 saturated carbocycles. The van der Waals surface area contributed by atoms with E-state index in [1.807, 2.05) is 0 Å². The lowest BCUT2D eigenvalue weighted by atomic mass is 10.2. The molecule has 0 atom stereocenters. The van der Waals surface area contributed by atoms with Crippen LogP contribution in [0.2, 0.25) is 0 Å². The monoisotopic (exact) mass is 273 g/mol. The summed E-state index contributed by atoms with van der Waals surface area (Å²) in [5.74, 6) is -0.496. The minimum atomic E-state index is -0.514. The molecule has 0 unspecified atom stereocenters. The number of nitrogens with one attached hydrogen (secondary N) is 2. The van der Waals surface area contributed by atoms with Gasteiger partial charge in [0.05, 0.1) is 16.7 Å². The molecule has 0 aliphatic rings. The number of carbonyl (C=O) groups is 1. The van der Waals surface area contributed by atoms with E-state index in [0.717, 1.165) is 5.69 Å². The Balaban J connectivity index is 2.07. The average Bonchev–Trinajstić information content (AvgIpc) is 2.86. The first-order valence-corrected chi connectivity index (χ1v) is 5.67. The smallest absolute Gasteiger partial charge is 0.282 e. The molecule has 2 N–H and O–H groups in total. The number of para-hydroxylation sites is 1. The third kappa shape index (κ3) is 3.05. The van der Waals surface area contributed by atoms with Crippen LogP contribution in [0.15, 0.2) is 35.4 Å². The Morgan fingerprint density at radius 2 is 2.25 bits per heavy atom. The van der Waals surface area contributed by atoms with E-state index in [0.29, 0.717) is 5.56 Å². The molecule has 0 fully saturated rings. The Labute approximate surface area is 113 Å². The second kappa shape index (κ2) is 5.74. The van der Waals surface area contributed by atoms with Gasteiger partial charge in [0, 0.05) is 11.8 Å². The van der Waals surface area contributed by atoms with Crippen LogP contribution in [-0.2, 0) is 0 Å². The van der Waals surface area contributed by atoms with Crippen molar-refractivity contribution in [2.75, 3.05) is 0 Å². The summed E-state index contributed by atoms with van der Waals surface area (Å²) in [6, 6.07) is 7.66. The quantitative estimate of drug-likeness (QED) is 0.497. The summed E-state index contributed by atoms with van der Waals surface area (Å²) < 4.78 is 0. The standard InChI is InChI=1S/C12H11N5O3/c1-8-6-10(15-14-8)12(18)16-13-7-9-4-2-3-5-11(9)17(19)20/h2-7H,1H3,(H,14,15)(H,16,18)/b13-7-. The summed E-state index contributed by atoms with van der Waals surface area (Å²) in [6.07, 6.45) is 1.22.